The molecule has 176 valence electrons. The lowest BCUT2D eigenvalue weighted by molar-refractivity contribution is -0.126. The number of nitrogens with zero attached hydrogens (tertiary/aromatic N) is 2. The monoisotopic (exact) mass is 492 g/mol. The Morgan fingerprint density at radius 1 is 1.18 bits per heavy atom. The van der Waals surface area contributed by atoms with Crippen LogP contribution in [0.4, 0.5) is 0 Å². The van der Waals surface area contributed by atoms with E-state index in [4.69, 9.17) is 11.6 Å². The Hall–Kier alpha value is -2.67. The zero-order chi connectivity index (χ0) is 23.5. The number of nitrogens with one attached hydrogen (secondary N) is 2. The van der Waals surface area contributed by atoms with Crippen LogP contribution in [-0.4, -0.2) is 40.4 Å². The molecule has 0 saturated carbocycles. The van der Waals surface area contributed by atoms with Crippen LogP contribution in [0.3, 0.4) is 0 Å². The predicted octanol–water partition coefficient (Wildman–Crippen LogP) is 5.75. The molecule has 1 aliphatic heterocycles. The number of carbonyl (C=O) groups excluding carboxylic acids is 1. The van der Waals surface area contributed by atoms with E-state index < -0.39 is 0 Å². The van der Waals surface area contributed by atoms with Crippen LogP contribution in [0.15, 0.2) is 60.1 Å². The lowest BCUT2D eigenvalue weighted by atomic mass is 9.90. The van der Waals surface area contributed by atoms with Gasteiger partial charge in [0, 0.05) is 52.4 Å². The summed E-state index contributed by atoms with van der Waals surface area (Å²) in [6.07, 6.45) is 3.79. The third-order valence-corrected chi connectivity index (χ3v) is 7.93. The number of aromatic amines is 1. The summed E-state index contributed by atoms with van der Waals surface area (Å²) in [4.78, 5) is 23.5. The Kier molecular flexibility index (Phi) is 6.99. The van der Waals surface area contributed by atoms with Crippen LogP contribution in [0.5, 0.6) is 0 Å². The van der Waals surface area contributed by atoms with Crippen LogP contribution in [0.25, 0.3) is 10.9 Å². The van der Waals surface area contributed by atoms with Gasteiger partial charge in [-0.2, -0.15) is 0 Å². The summed E-state index contributed by atoms with van der Waals surface area (Å²) < 4.78 is 0. The number of likely N-dealkylation sites (tertiary alicyclic amines) is 1. The van der Waals surface area contributed by atoms with Gasteiger partial charge in [-0.1, -0.05) is 48.0 Å². The molecule has 0 bridgehead atoms. The molecule has 34 heavy (non-hydrogen) atoms. The van der Waals surface area contributed by atoms with Gasteiger partial charge < -0.3 is 10.3 Å². The number of halogens is 1. The van der Waals surface area contributed by atoms with Crippen LogP contribution < -0.4 is 5.32 Å². The third-order valence-electron chi connectivity index (χ3n) is 6.77. The molecule has 1 saturated heterocycles. The van der Waals surface area contributed by atoms with Gasteiger partial charge in [0.05, 0.1) is 10.7 Å². The summed E-state index contributed by atoms with van der Waals surface area (Å²) in [6, 6.07) is 16.2. The average Bonchev–Trinajstić information content (AvgIpc) is 3.47. The smallest absolute Gasteiger partial charge is 0.223 e. The first-order valence-electron chi connectivity index (χ1n) is 11.8. The highest BCUT2D eigenvalue weighted by molar-refractivity contribution is 7.09. The van der Waals surface area contributed by atoms with Crippen molar-refractivity contribution in [3.8, 4) is 0 Å². The maximum absolute atomic E-state index is 13.1. The van der Waals surface area contributed by atoms with E-state index >= 15 is 0 Å². The van der Waals surface area contributed by atoms with Gasteiger partial charge >= 0.3 is 0 Å². The largest absolute Gasteiger partial charge is 0.361 e. The Morgan fingerprint density at radius 2 is 1.94 bits per heavy atom. The van der Waals surface area contributed by atoms with Crippen molar-refractivity contribution in [1.82, 2.24) is 20.2 Å². The van der Waals surface area contributed by atoms with Gasteiger partial charge in [0.15, 0.2) is 0 Å². The first-order valence-corrected chi connectivity index (χ1v) is 13.1. The predicted molar refractivity (Wildman–Crippen MR) is 139 cm³/mol. The number of fused-ring (bicyclic) bond motifs is 1. The number of H-pyrrole nitrogens is 1. The lowest BCUT2D eigenvalue weighted by Crippen LogP contribution is -2.41. The molecule has 5 rings (SSSR count). The Balaban J connectivity index is 1.26. The summed E-state index contributed by atoms with van der Waals surface area (Å²) >= 11 is 8.29. The highest BCUT2D eigenvalue weighted by Crippen LogP contribution is 2.34. The molecule has 1 aliphatic rings. The van der Waals surface area contributed by atoms with E-state index in [1.54, 1.807) is 11.3 Å². The quantitative estimate of drug-likeness (QED) is 0.345. The van der Waals surface area contributed by atoms with Gasteiger partial charge in [-0.15, -0.1) is 11.3 Å². The van der Waals surface area contributed by atoms with Gasteiger partial charge in [-0.25, -0.2) is 4.98 Å². The van der Waals surface area contributed by atoms with Gasteiger partial charge in [0.1, 0.15) is 0 Å². The van der Waals surface area contributed by atoms with Crippen LogP contribution in [-0.2, 0) is 11.3 Å². The topological polar surface area (TPSA) is 61.0 Å². The first kappa shape index (κ1) is 23.1. The molecule has 5 nitrogen and oxygen atoms in total. The average molecular weight is 493 g/mol. The van der Waals surface area contributed by atoms with Crippen molar-refractivity contribution < 1.29 is 4.79 Å². The molecule has 2 aromatic carbocycles. The summed E-state index contributed by atoms with van der Waals surface area (Å²) in [7, 11) is 0. The fourth-order valence-corrected chi connectivity index (χ4v) is 5.81. The number of rotatable bonds is 7. The van der Waals surface area contributed by atoms with Gasteiger partial charge in [-0.3, -0.25) is 9.69 Å². The fraction of sp³-hybridized carbons (Fsp3) is 0.333. The van der Waals surface area contributed by atoms with E-state index in [1.165, 1.54) is 0 Å². The highest BCUT2D eigenvalue weighted by atomic mass is 35.5. The number of carbonyl (C=O) groups is 1. The van der Waals surface area contributed by atoms with Crippen molar-refractivity contribution in [1.29, 1.82) is 0 Å². The molecule has 2 aromatic heterocycles. The minimum atomic E-state index is -0.0261. The molecular weight excluding hydrogens is 464 g/mol. The van der Waals surface area contributed by atoms with E-state index in [1.807, 2.05) is 43.5 Å². The second-order valence-corrected chi connectivity index (χ2v) is 10.5. The van der Waals surface area contributed by atoms with Gasteiger partial charge in [0.2, 0.25) is 5.91 Å². The number of piperidine rings is 1. The van der Waals surface area contributed by atoms with Crippen LogP contribution in [0, 0.1) is 12.8 Å². The standard InChI is InChI=1S/C27H29ClN4OS/c1-18-31-20(17-34-18)16-32-12-10-19(11-13-32)27(33)30-15-23(21-6-2-4-8-25(21)28)24-14-29-26-9-5-3-7-22(24)26/h2-9,14,17,19,23,29H,10-13,15-16H2,1H3,(H,30,33). The normalized spacial score (nSPS) is 16.1. The van der Waals surface area contributed by atoms with E-state index in [2.05, 4.69) is 43.8 Å². The van der Waals surface area contributed by atoms with Crippen molar-refractivity contribution in [3.05, 3.63) is 87.0 Å². The summed E-state index contributed by atoms with van der Waals surface area (Å²) in [5.74, 6) is 0.158. The zero-order valence-corrected chi connectivity index (χ0v) is 20.8. The van der Waals surface area contributed by atoms with Crippen LogP contribution in [0.1, 0.15) is 40.6 Å². The van der Waals surface area contributed by atoms with Gasteiger partial charge in [0.25, 0.3) is 0 Å². The molecule has 1 fully saturated rings. The van der Waals surface area contributed by atoms with Crippen molar-refractivity contribution in [2.24, 2.45) is 5.92 Å². The molecule has 1 amide bonds. The second kappa shape index (κ2) is 10.3. The molecule has 0 radical (unpaired) electrons. The summed E-state index contributed by atoms with van der Waals surface area (Å²) in [5.41, 5.74) is 4.40. The fourth-order valence-electron chi connectivity index (χ4n) is 4.94. The molecule has 3 heterocycles. The number of hydrogen-bond donors (Lipinski definition) is 2. The van der Waals surface area contributed by atoms with Crippen LogP contribution in [0.2, 0.25) is 5.02 Å². The number of benzene rings is 2. The first-order chi connectivity index (χ1) is 16.6. The van der Waals surface area contributed by atoms with Gasteiger partial charge in [-0.05, 0) is 56.1 Å². The van der Waals surface area contributed by atoms with Crippen molar-refractivity contribution >= 4 is 39.7 Å². The number of aromatic nitrogens is 2. The molecule has 1 atom stereocenters. The van der Waals surface area contributed by atoms with E-state index in [0.29, 0.717) is 6.54 Å². The lowest BCUT2D eigenvalue weighted by Gasteiger charge is -2.31. The number of hydrogen-bond acceptors (Lipinski definition) is 4. The molecule has 0 spiro atoms. The second-order valence-electron chi connectivity index (χ2n) is 9.02. The third kappa shape index (κ3) is 5.04. The molecule has 1 unspecified atom stereocenters. The molecule has 4 aromatic rings. The number of aryl methyl sites for hydroxylation is 1. The summed E-state index contributed by atoms with van der Waals surface area (Å²) in [6.45, 7) is 5.27. The Morgan fingerprint density at radius 3 is 2.71 bits per heavy atom. The number of amides is 1. The van der Waals surface area contributed by atoms with Crippen molar-refractivity contribution in [2.75, 3.05) is 19.6 Å². The summed E-state index contributed by atoms with van der Waals surface area (Å²) in [5, 5.41) is 8.37. The van der Waals surface area contributed by atoms with E-state index in [-0.39, 0.29) is 17.7 Å². The minimum absolute atomic E-state index is 0.0261. The Labute approximate surface area is 209 Å². The SMILES string of the molecule is Cc1nc(CN2CCC(C(=O)NCC(c3ccccc3Cl)c3c[nH]c4ccccc34)CC2)cs1. The molecular formula is C27H29ClN4OS. The maximum Gasteiger partial charge on any atom is 0.223 e. The zero-order valence-electron chi connectivity index (χ0n) is 19.3. The van der Waals surface area contributed by atoms with Crippen molar-refractivity contribution in [3.63, 3.8) is 0 Å². The maximum atomic E-state index is 13.1. The van der Waals surface area contributed by atoms with Crippen molar-refractivity contribution in [2.45, 2.75) is 32.2 Å². The molecule has 2 N–H and O–H groups in total. The van der Waals surface area contributed by atoms with E-state index in [9.17, 15) is 4.79 Å². The molecule has 7 heteroatoms. The minimum Gasteiger partial charge on any atom is -0.361 e. The van der Waals surface area contributed by atoms with E-state index in [0.717, 1.165) is 70.2 Å². The Bertz CT molecular complexity index is 1270. The highest BCUT2D eigenvalue weighted by Gasteiger charge is 2.27. The molecule has 0 aliphatic carbocycles. The van der Waals surface area contributed by atoms with Crippen LogP contribution >= 0.6 is 22.9 Å². The number of thiazole rings is 1. The number of para-hydroxylation sites is 1.